The largest absolute Gasteiger partial charge is 0.481 e. The third kappa shape index (κ3) is 5.33. The van der Waals surface area contributed by atoms with E-state index in [1.807, 2.05) is 24.3 Å². The highest BCUT2D eigenvalue weighted by atomic mass is 79.9. The van der Waals surface area contributed by atoms with Crippen LogP contribution >= 0.6 is 15.9 Å². The number of hydrogen-bond donors (Lipinski definition) is 2. The molecule has 0 fully saturated rings. The van der Waals surface area contributed by atoms with Crippen LogP contribution in [0.5, 0.6) is 0 Å². The summed E-state index contributed by atoms with van der Waals surface area (Å²) in [7, 11) is 0. The Kier molecular flexibility index (Phi) is 5.65. The quantitative estimate of drug-likeness (QED) is 0.849. The molecule has 2 unspecified atom stereocenters. The Bertz CT molecular complexity index is 359. The number of carboxylic acid groups (broad SMARTS) is 1. The zero-order valence-electron chi connectivity index (χ0n) is 9.77. The lowest BCUT2D eigenvalue weighted by molar-refractivity contribution is -0.142. The first kappa shape index (κ1) is 14.2. The van der Waals surface area contributed by atoms with Crippen molar-refractivity contribution >= 4 is 21.9 Å². The second-order valence-electron chi connectivity index (χ2n) is 4.29. The molecular formula is C13H17BrO3. The summed E-state index contributed by atoms with van der Waals surface area (Å²) in [5, 5.41) is 18.3. The van der Waals surface area contributed by atoms with E-state index in [4.69, 9.17) is 5.11 Å². The SMILES string of the molecule is CC(O)CCC(Cc1ccc(Br)cc1)C(=O)O. The van der Waals surface area contributed by atoms with Crippen LogP contribution in [0.25, 0.3) is 0 Å². The Labute approximate surface area is 110 Å². The number of rotatable bonds is 6. The van der Waals surface area contributed by atoms with E-state index in [0.29, 0.717) is 19.3 Å². The van der Waals surface area contributed by atoms with Crippen molar-refractivity contribution < 1.29 is 15.0 Å². The van der Waals surface area contributed by atoms with Crippen LogP contribution < -0.4 is 0 Å². The average molecular weight is 301 g/mol. The standard InChI is InChI=1S/C13H17BrO3/c1-9(15)2-5-11(13(16)17)8-10-3-6-12(14)7-4-10/h3-4,6-7,9,11,15H,2,5,8H2,1H3,(H,16,17). The van der Waals surface area contributed by atoms with Gasteiger partial charge in [0, 0.05) is 4.47 Å². The van der Waals surface area contributed by atoms with E-state index in [0.717, 1.165) is 10.0 Å². The molecule has 1 aromatic carbocycles. The van der Waals surface area contributed by atoms with Gasteiger partial charge in [0.15, 0.2) is 0 Å². The maximum atomic E-state index is 11.1. The van der Waals surface area contributed by atoms with Crippen molar-refractivity contribution in [2.24, 2.45) is 5.92 Å². The molecule has 1 aromatic rings. The molecule has 0 aliphatic heterocycles. The van der Waals surface area contributed by atoms with Crippen LogP contribution in [0.15, 0.2) is 28.7 Å². The second-order valence-corrected chi connectivity index (χ2v) is 5.21. The van der Waals surface area contributed by atoms with Crippen molar-refractivity contribution in [3.05, 3.63) is 34.3 Å². The van der Waals surface area contributed by atoms with Crippen LogP contribution in [0.4, 0.5) is 0 Å². The van der Waals surface area contributed by atoms with Gasteiger partial charge < -0.3 is 10.2 Å². The lowest BCUT2D eigenvalue weighted by atomic mass is 9.94. The lowest BCUT2D eigenvalue weighted by Crippen LogP contribution is -2.18. The van der Waals surface area contributed by atoms with Crippen LogP contribution in [-0.2, 0) is 11.2 Å². The van der Waals surface area contributed by atoms with Gasteiger partial charge in [-0.1, -0.05) is 28.1 Å². The highest BCUT2D eigenvalue weighted by Crippen LogP contribution is 2.18. The average Bonchev–Trinajstić information content (AvgIpc) is 2.26. The molecule has 0 bridgehead atoms. The first-order valence-electron chi connectivity index (χ1n) is 5.64. The van der Waals surface area contributed by atoms with Gasteiger partial charge in [0.25, 0.3) is 0 Å². The first-order valence-corrected chi connectivity index (χ1v) is 6.43. The smallest absolute Gasteiger partial charge is 0.306 e. The van der Waals surface area contributed by atoms with Crippen LogP contribution in [-0.4, -0.2) is 22.3 Å². The summed E-state index contributed by atoms with van der Waals surface area (Å²) in [6.45, 7) is 1.68. The highest BCUT2D eigenvalue weighted by Gasteiger charge is 2.18. The molecule has 0 spiro atoms. The molecule has 2 N–H and O–H groups in total. The number of hydrogen-bond acceptors (Lipinski definition) is 2. The summed E-state index contributed by atoms with van der Waals surface area (Å²) in [5.41, 5.74) is 1.01. The van der Waals surface area contributed by atoms with Gasteiger partial charge in [-0.25, -0.2) is 0 Å². The fraction of sp³-hybridized carbons (Fsp3) is 0.462. The van der Waals surface area contributed by atoms with Crippen molar-refractivity contribution in [1.82, 2.24) is 0 Å². The number of aliphatic hydroxyl groups excluding tert-OH is 1. The molecule has 0 aliphatic carbocycles. The van der Waals surface area contributed by atoms with Crippen LogP contribution in [0, 0.1) is 5.92 Å². The van der Waals surface area contributed by atoms with Gasteiger partial charge in [-0.15, -0.1) is 0 Å². The van der Waals surface area contributed by atoms with Gasteiger partial charge in [-0.05, 0) is 43.9 Å². The molecule has 1 rings (SSSR count). The zero-order chi connectivity index (χ0) is 12.8. The molecule has 17 heavy (non-hydrogen) atoms. The predicted molar refractivity (Wildman–Crippen MR) is 69.9 cm³/mol. The molecule has 4 heteroatoms. The Balaban J connectivity index is 2.60. The van der Waals surface area contributed by atoms with Gasteiger partial charge in [0.1, 0.15) is 0 Å². The maximum absolute atomic E-state index is 11.1. The number of carboxylic acids is 1. The minimum atomic E-state index is -0.798. The molecular weight excluding hydrogens is 284 g/mol. The first-order chi connectivity index (χ1) is 7.99. The van der Waals surface area contributed by atoms with E-state index in [9.17, 15) is 9.90 Å². The van der Waals surface area contributed by atoms with E-state index < -0.39 is 18.0 Å². The van der Waals surface area contributed by atoms with E-state index in [2.05, 4.69) is 15.9 Å². The lowest BCUT2D eigenvalue weighted by Gasteiger charge is -2.13. The third-order valence-corrected chi connectivity index (χ3v) is 3.21. The topological polar surface area (TPSA) is 57.5 Å². The highest BCUT2D eigenvalue weighted by molar-refractivity contribution is 9.10. The van der Waals surface area contributed by atoms with Crippen molar-refractivity contribution in [2.45, 2.75) is 32.3 Å². The molecule has 0 saturated carbocycles. The second kappa shape index (κ2) is 6.77. The number of aliphatic hydroxyl groups is 1. The monoisotopic (exact) mass is 300 g/mol. The molecule has 0 radical (unpaired) electrons. The van der Waals surface area contributed by atoms with Crippen molar-refractivity contribution in [3.8, 4) is 0 Å². The maximum Gasteiger partial charge on any atom is 0.306 e. The molecule has 3 nitrogen and oxygen atoms in total. The van der Waals surface area contributed by atoms with Gasteiger partial charge >= 0.3 is 5.97 Å². The predicted octanol–water partition coefficient (Wildman–Crippen LogP) is 2.85. The number of benzene rings is 1. The molecule has 0 amide bonds. The minimum absolute atomic E-state index is 0.425. The minimum Gasteiger partial charge on any atom is -0.481 e. The molecule has 0 aliphatic rings. The Morgan fingerprint density at radius 2 is 1.88 bits per heavy atom. The normalized spacial score (nSPS) is 14.3. The molecule has 2 atom stereocenters. The Morgan fingerprint density at radius 3 is 2.35 bits per heavy atom. The fourth-order valence-corrected chi connectivity index (χ4v) is 1.92. The summed E-state index contributed by atoms with van der Waals surface area (Å²) < 4.78 is 0.983. The van der Waals surface area contributed by atoms with E-state index >= 15 is 0 Å². The Hall–Kier alpha value is -0.870. The number of halogens is 1. The summed E-state index contributed by atoms with van der Waals surface area (Å²) in [4.78, 5) is 11.1. The van der Waals surface area contributed by atoms with Crippen molar-refractivity contribution in [1.29, 1.82) is 0 Å². The summed E-state index contributed by atoms with van der Waals surface area (Å²) in [6, 6.07) is 7.65. The fourth-order valence-electron chi connectivity index (χ4n) is 1.66. The third-order valence-electron chi connectivity index (χ3n) is 2.68. The van der Waals surface area contributed by atoms with Crippen LogP contribution in [0.1, 0.15) is 25.3 Å². The van der Waals surface area contributed by atoms with Gasteiger partial charge in [-0.3, -0.25) is 4.79 Å². The molecule has 94 valence electrons. The van der Waals surface area contributed by atoms with Gasteiger partial charge in [0.2, 0.25) is 0 Å². The van der Waals surface area contributed by atoms with Crippen LogP contribution in [0.2, 0.25) is 0 Å². The van der Waals surface area contributed by atoms with Gasteiger partial charge in [0.05, 0.1) is 12.0 Å². The number of aliphatic carboxylic acids is 1. The van der Waals surface area contributed by atoms with Crippen molar-refractivity contribution in [3.63, 3.8) is 0 Å². The van der Waals surface area contributed by atoms with E-state index in [-0.39, 0.29) is 0 Å². The summed E-state index contributed by atoms with van der Waals surface area (Å²) >= 11 is 3.34. The molecule has 0 aromatic heterocycles. The summed E-state index contributed by atoms with van der Waals surface area (Å²) in [6.07, 6.45) is 1.09. The summed E-state index contributed by atoms with van der Waals surface area (Å²) in [5.74, 6) is -1.22. The van der Waals surface area contributed by atoms with Crippen molar-refractivity contribution in [2.75, 3.05) is 0 Å². The number of carbonyl (C=O) groups is 1. The molecule has 0 saturated heterocycles. The van der Waals surface area contributed by atoms with Crippen LogP contribution in [0.3, 0.4) is 0 Å². The zero-order valence-corrected chi connectivity index (χ0v) is 11.4. The van der Waals surface area contributed by atoms with Gasteiger partial charge in [-0.2, -0.15) is 0 Å². The van der Waals surface area contributed by atoms with E-state index in [1.54, 1.807) is 6.92 Å². The van der Waals surface area contributed by atoms with E-state index in [1.165, 1.54) is 0 Å². The Morgan fingerprint density at radius 1 is 1.29 bits per heavy atom. The molecule has 0 heterocycles.